The highest BCUT2D eigenvalue weighted by Gasteiger charge is 2.58. The van der Waals surface area contributed by atoms with Crippen LogP contribution in [0.5, 0.6) is 0 Å². The minimum atomic E-state index is -1.00. The van der Waals surface area contributed by atoms with E-state index in [2.05, 4.69) is 10.6 Å². The van der Waals surface area contributed by atoms with Gasteiger partial charge in [-0.1, -0.05) is 0 Å². The van der Waals surface area contributed by atoms with Crippen LogP contribution in [-0.2, 0) is 9.59 Å². The summed E-state index contributed by atoms with van der Waals surface area (Å²) in [5.41, 5.74) is -1.59. The normalized spacial score (nSPS) is 25.3. The molecule has 5 nitrogen and oxygen atoms in total. The number of nitrogens with one attached hydrogen (secondary N) is 2. The summed E-state index contributed by atoms with van der Waals surface area (Å²) in [6, 6.07) is 0. The molecule has 1 atom stereocenters. The van der Waals surface area contributed by atoms with Crippen LogP contribution < -0.4 is 10.6 Å². The van der Waals surface area contributed by atoms with Crippen molar-refractivity contribution in [2.45, 2.75) is 52.5 Å². The Kier molecular flexibility index (Phi) is 3.61. The first-order chi connectivity index (χ1) is 9.12. The van der Waals surface area contributed by atoms with E-state index in [9.17, 15) is 14.7 Å². The molecule has 5 heteroatoms. The van der Waals surface area contributed by atoms with Gasteiger partial charge in [0.15, 0.2) is 0 Å². The zero-order valence-electron chi connectivity index (χ0n) is 12.9. The lowest BCUT2D eigenvalue weighted by Gasteiger charge is -2.39. The van der Waals surface area contributed by atoms with Crippen LogP contribution in [0.15, 0.2) is 0 Å². The molecule has 1 spiro atoms. The summed E-state index contributed by atoms with van der Waals surface area (Å²) in [7, 11) is 0. The van der Waals surface area contributed by atoms with E-state index in [1.165, 1.54) is 0 Å². The minimum Gasteiger partial charge on any atom is -0.481 e. The van der Waals surface area contributed by atoms with E-state index < -0.39 is 16.9 Å². The largest absolute Gasteiger partial charge is 0.481 e. The molecule has 1 unspecified atom stereocenters. The number of carboxylic acid groups (broad SMARTS) is 1. The van der Waals surface area contributed by atoms with Crippen molar-refractivity contribution < 1.29 is 14.7 Å². The zero-order chi connectivity index (χ0) is 15.2. The first kappa shape index (κ1) is 15.3. The molecule has 2 fully saturated rings. The van der Waals surface area contributed by atoms with Crippen molar-refractivity contribution in [2.24, 2.45) is 16.7 Å². The Morgan fingerprint density at radius 2 is 1.75 bits per heavy atom. The van der Waals surface area contributed by atoms with E-state index >= 15 is 0 Å². The number of carbonyl (C=O) groups is 2. The van der Waals surface area contributed by atoms with E-state index in [-0.39, 0.29) is 17.2 Å². The highest BCUT2D eigenvalue weighted by atomic mass is 16.4. The topological polar surface area (TPSA) is 78.4 Å². The van der Waals surface area contributed by atoms with Gasteiger partial charge in [-0.2, -0.15) is 0 Å². The number of hydrogen-bond donors (Lipinski definition) is 3. The second-order valence-electron chi connectivity index (χ2n) is 7.41. The zero-order valence-corrected chi connectivity index (χ0v) is 12.9. The SMILES string of the molecule is CC(C)(NC(=O)C1CC12CCNCC2)C(C)(C)C(=O)O. The molecule has 0 bridgehead atoms. The van der Waals surface area contributed by atoms with Crippen molar-refractivity contribution in [1.29, 1.82) is 0 Å². The number of amides is 1. The average Bonchev–Trinajstić information content (AvgIpc) is 3.03. The molecule has 1 heterocycles. The molecule has 1 saturated carbocycles. The quantitative estimate of drug-likeness (QED) is 0.728. The molecule has 2 rings (SSSR count). The number of hydrogen-bond acceptors (Lipinski definition) is 3. The fourth-order valence-corrected chi connectivity index (χ4v) is 3.01. The molecule has 1 aliphatic heterocycles. The molecular weight excluding hydrogens is 256 g/mol. The lowest BCUT2D eigenvalue weighted by Crippen LogP contribution is -2.57. The van der Waals surface area contributed by atoms with Crippen LogP contribution in [0.25, 0.3) is 0 Å². The first-order valence-electron chi connectivity index (χ1n) is 7.39. The maximum atomic E-state index is 12.4. The Hall–Kier alpha value is -1.10. The second kappa shape index (κ2) is 4.72. The molecule has 1 saturated heterocycles. The smallest absolute Gasteiger partial charge is 0.311 e. The molecular formula is C15H26N2O3. The molecule has 1 amide bonds. The molecule has 3 N–H and O–H groups in total. The third-order valence-electron chi connectivity index (χ3n) is 5.64. The predicted octanol–water partition coefficient (Wildman–Crippen LogP) is 1.38. The Morgan fingerprint density at radius 1 is 1.20 bits per heavy atom. The van der Waals surface area contributed by atoms with Crippen LogP contribution in [0.3, 0.4) is 0 Å². The summed E-state index contributed by atoms with van der Waals surface area (Å²) in [6.07, 6.45) is 3.05. The molecule has 20 heavy (non-hydrogen) atoms. The van der Waals surface area contributed by atoms with Gasteiger partial charge in [-0.05, 0) is 65.5 Å². The Labute approximate surface area is 120 Å². The summed E-state index contributed by atoms with van der Waals surface area (Å²) < 4.78 is 0. The van der Waals surface area contributed by atoms with Crippen molar-refractivity contribution in [3.8, 4) is 0 Å². The third kappa shape index (κ3) is 2.43. The average molecular weight is 282 g/mol. The fraction of sp³-hybridized carbons (Fsp3) is 0.867. The predicted molar refractivity (Wildman–Crippen MR) is 76.3 cm³/mol. The summed E-state index contributed by atoms with van der Waals surface area (Å²) in [6.45, 7) is 8.85. The van der Waals surface area contributed by atoms with E-state index in [1.54, 1.807) is 27.7 Å². The monoisotopic (exact) mass is 282 g/mol. The van der Waals surface area contributed by atoms with Gasteiger partial charge in [0, 0.05) is 11.5 Å². The van der Waals surface area contributed by atoms with E-state index in [4.69, 9.17) is 0 Å². The fourth-order valence-electron chi connectivity index (χ4n) is 3.01. The van der Waals surface area contributed by atoms with Gasteiger partial charge in [-0.15, -0.1) is 0 Å². The maximum absolute atomic E-state index is 12.4. The molecule has 0 radical (unpaired) electrons. The molecule has 0 aromatic carbocycles. The first-order valence-corrected chi connectivity index (χ1v) is 7.39. The Balaban J connectivity index is 2.00. The van der Waals surface area contributed by atoms with Crippen LogP contribution in [0, 0.1) is 16.7 Å². The third-order valence-corrected chi connectivity index (χ3v) is 5.64. The molecule has 0 aromatic rings. The highest BCUT2D eigenvalue weighted by Crippen LogP contribution is 2.58. The second-order valence-corrected chi connectivity index (χ2v) is 7.41. The van der Waals surface area contributed by atoms with Crippen molar-refractivity contribution in [1.82, 2.24) is 10.6 Å². The number of piperidine rings is 1. The van der Waals surface area contributed by atoms with E-state index in [0.29, 0.717) is 0 Å². The van der Waals surface area contributed by atoms with Crippen LogP contribution in [0.1, 0.15) is 47.0 Å². The van der Waals surface area contributed by atoms with Gasteiger partial charge in [-0.3, -0.25) is 9.59 Å². The number of carboxylic acids is 1. The van der Waals surface area contributed by atoms with Gasteiger partial charge >= 0.3 is 5.97 Å². The molecule has 0 aromatic heterocycles. The van der Waals surface area contributed by atoms with Crippen LogP contribution in [-0.4, -0.2) is 35.6 Å². The molecule has 2 aliphatic rings. The van der Waals surface area contributed by atoms with Gasteiger partial charge in [0.05, 0.1) is 5.41 Å². The Morgan fingerprint density at radius 3 is 2.25 bits per heavy atom. The highest BCUT2D eigenvalue weighted by molar-refractivity contribution is 5.85. The minimum absolute atomic E-state index is 0.0197. The van der Waals surface area contributed by atoms with Crippen molar-refractivity contribution in [2.75, 3.05) is 13.1 Å². The molecule has 114 valence electrons. The van der Waals surface area contributed by atoms with Gasteiger partial charge in [0.25, 0.3) is 0 Å². The van der Waals surface area contributed by atoms with Gasteiger partial charge in [0.2, 0.25) is 5.91 Å². The Bertz CT molecular complexity index is 423. The van der Waals surface area contributed by atoms with Crippen molar-refractivity contribution >= 4 is 11.9 Å². The number of carbonyl (C=O) groups excluding carboxylic acids is 1. The maximum Gasteiger partial charge on any atom is 0.311 e. The number of rotatable bonds is 4. The van der Waals surface area contributed by atoms with Crippen molar-refractivity contribution in [3.05, 3.63) is 0 Å². The van der Waals surface area contributed by atoms with Gasteiger partial charge in [0.1, 0.15) is 0 Å². The van der Waals surface area contributed by atoms with E-state index in [1.807, 2.05) is 0 Å². The lowest BCUT2D eigenvalue weighted by molar-refractivity contribution is -0.152. The summed E-state index contributed by atoms with van der Waals surface area (Å²) >= 11 is 0. The van der Waals surface area contributed by atoms with Crippen LogP contribution in [0.2, 0.25) is 0 Å². The lowest BCUT2D eigenvalue weighted by atomic mass is 9.74. The van der Waals surface area contributed by atoms with E-state index in [0.717, 1.165) is 32.4 Å². The van der Waals surface area contributed by atoms with Gasteiger partial charge in [-0.25, -0.2) is 0 Å². The number of aliphatic carboxylic acids is 1. The van der Waals surface area contributed by atoms with Crippen molar-refractivity contribution in [3.63, 3.8) is 0 Å². The standard InChI is InChI=1S/C15H26N2O3/c1-13(2,12(19)20)14(3,4)17-11(18)10-9-15(10)5-7-16-8-6-15/h10,16H,5-9H2,1-4H3,(H,17,18)(H,19,20). The van der Waals surface area contributed by atoms with Crippen LogP contribution >= 0.6 is 0 Å². The summed E-state index contributed by atoms with van der Waals surface area (Å²) in [4.78, 5) is 23.8. The molecule has 1 aliphatic carbocycles. The van der Waals surface area contributed by atoms with Crippen LogP contribution in [0.4, 0.5) is 0 Å². The van der Waals surface area contributed by atoms with Gasteiger partial charge < -0.3 is 15.7 Å². The summed E-state index contributed by atoms with van der Waals surface area (Å²) in [5, 5.41) is 15.6. The summed E-state index contributed by atoms with van der Waals surface area (Å²) in [5.74, 6) is -0.810.